The van der Waals surface area contributed by atoms with Crippen LogP contribution in [-0.2, 0) is 0 Å². The number of nitrogens with zero attached hydrogens (tertiary/aromatic N) is 2. The summed E-state index contributed by atoms with van der Waals surface area (Å²) < 4.78 is 5.21. The van der Waals surface area contributed by atoms with E-state index in [2.05, 4.69) is 20.8 Å². The van der Waals surface area contributed by atoms with E-state index >= 15 is 0 Å². The third-order valence-corrected chi connectivity index (χ3v) is 3.52. The van der Waals surface area contributed by atoms with Gasteiger partial charge < -0.3 is 15.2 Å². The molecule has 6 nitrogen and oxygen atoms in total. The molecule has 0 aliphatic heterocycles. The molecular weight excluding hydrogens is 304 g/mol. The van der Waals surface area contributed by atoms with Gasteiger partial charge in [-0.25, -0.2) is 4.98 Å². The normalized spacial score (nSPS) is 10.4. The number of amides is 1. The Balaban J connectivity index is 1.62. The van der Waals surface area contributed by atoms with Gasteiger partial charge in [-0.2, -0.15) is 0 Å². The summed E-state index contributed by atoms with van der Waals surface area (Å²) in [5.41, 5.74) is 1.88. The van der Waals surface area contributed by atoms with Crippen molar-refractivity contribution in [2.75, 3.05) is 18.4 Å². The van der Waals surface area contributed by atoms with Crippen LogP contribution in [0.2, 0.25) is 0 Å². The Hall–Kier alpha value is -3.15. The third-order valence-electron chi connectivity index (χ3n) is 3.52. The van der Waals surface area contributed by atoms with Gasteiger partial charge in [0.2, 0.25) is 0 Å². The van der Waals surface area contributed by atoms with Crippen LogP contribution in [0, 0.1) is 6.92 Å². The molecule has 24 heavy (non-hydrogen) atoms. The van der Waals surface area contributed by atoms with Crippen molar-refractivity contribution in [1.82, 2.24) is 15.5 Å². The number of hydrogen-bond acceptors (Lipinski definition) is 5. The second-order valence-corrected chi connectivity index (χ2v) is 5.23. The maximum absolute atomic E-state index is 12.5. The van der Waals surface area contributed by atoms with Crippen LogP contribution in [-0.4, -0.2) is 29.1 Å². The Bertz CT molecular complexity index is 800. The SMILES string of the molecule is Cc1onc(-c2ccccc2)c1C(=O)NCCNc1ccccn1. The molecule has 0 aliphatic carbocycles. The summed E-state index contributed by atoms with van der Waals surface area (Å²) in [4.78, 5) is 16.6. The molecule has 3 aromatic rings. The van der Waals surface area contributed by atoms with Gasteiger partial charge in [-0.05, 0) is 19.1 Å². The highest BCUT2D eigenvalue weighted by Gasteiger charge is 2.20. The molecule has 0 spiro atoms. The van der Waals surface area contributed by atoms with Crippen molar-refractivity contribution in [2.24, 2.45) is 0 Å². The molecule has 0 aliphatic rings. The molecule has 0 saturated heterocycles. The number of pyridine rings is 1. The number of carbonyl (C=O) groups excluding carboxylic acids is 1. The smallest absolute Gasteiger partial charge is 0.257 e. The number of aromatic nitrogens is 2. The molecule has 0 bridgehead atoms. The van der Waals surface area contributed by atoms with Crippen molar-refractivity contribution in [3.05, 3.63) is 66.1 Å². The lowest BCUT2D eigenvalue weighted by Gasteiger charge is -2.07. The largest absolute Gasteiger partial charge is 0.368 e. The number of carbonyl (C=O) groups is 1. The molecule has 0 fully saturated rings. The van der Waals surface area contributed by atoms with Gasteiger partial charge in [0.15, 0.2) is 0 Å². The van der Waals surface area contributed by atoms with Crippen molar-refractivity contribution in [3.8, 4) is 11.3 Å². The standard InChI is InChI=1S/C18H18N4O2/c1-13-16(17(22-24-13)14-7-3-2-4-8-14)18(23)21-12-11-20-15-9-5-6-10-19-15/h2-10H,11-12H2,1H3,(H,19,20)(H,21,23). The summed E-state index contributed by atoms with van der Waals surface area (Å²) in [6.07, 6.45) is 1.72. The number of benzene rings is 1. The average Bonchev–Trinajstić information content (AvgIpc) is 3.02. The van der Waals surface area contributed by atoms with E-state index in [-0.39, 0.29) is 5.91 Å². The number of nitrogens with one attached hydrogen (secondary N) is 2. The molecule has 2 aromatic heterocycles. The summed E-state index contributed by atoms with van der Waals surface area (Å²) in [5.74, 6) is 1.08. The minimum atomic E-state index is -0.199. The molecule has 0 radical (unpaired) electrons. The fourth-order valence-electron chi connectivity index (χ4n) is 2.35. The van der Waals surface area contributed by atoms with E-state index in [1.165, 1.54) is 0 Å². The second-order valence-electron chi connectivity index (χ2n) is 5.23. The van der Waals surface area contributed by atoms with Crippen molar-refractivity contribution < 1.29 is 9.32 Å². The van der Waals surface area contributed by atoms with E-state index in [1.807, 2.05) is 48.5 Å². The highest BCUT2D eigenvalue weighted by Crippen LogP contribution is 2.24. The van der Waals surface area contributed by atoms with E-state index in [0.717, 1.165) is 11.4 Å². The van der Waals surface area contributed by atoms with Crippen molar-refractivity contribution >= 4 is 11.7 Å². The predicted octanol–water partition coefficient (Wildman–Crippen LogP) is 2.89. The first-order chi connectivity index (χ1) is 11.8. The van der Waals surface area contributed by atoms with E-state index < -0.39 is 0 Å². The van der Waals surface area contributed by atoms with Crippen LogP contribution in [0.15, 0.2) is 59.3 Å². The van der Waals surface area contributed by atoms with Gasteiger partial charge >= 0.3 is 0 Å². The van der Waals surface area contributed by atoms with Crippen LogP contribution in [0.1, 0.15) is 16.1 Å². The minimum absolute atomic E-state index is 0.199. The van der Waals surface area contributed by atoms with Crippen LogP contribution < -0.4 is 10.6 Å². The van der Waals surface area contributed by atoms with E-state index in [9.17, 15) is 4.79 Å². The zero-order valence-electron chi connectivity index (χ0n) is 13.3. The molecule has 2 N–H and O–H groups in total. The molecule has 6 heteroatoms. The van der Waals surface area contributed by atoms with Crippen molar-refractivity contribution in [1.29, 1.82) is 0 Å². The quantitative estimate of drug-likeness (QED) is 0.682. The lowest BCUT2D eigenvalue weighted by molar-refractivity contribution is 0.0954. The number of aryl methyl sites for hydroxylation is 1. The Kier molecular flexibility index (Phi) is 4.86. The van der Waals surface area contributed by atoms with Crippen LogP contribution >= 0.6 is 0 Å². The van der Waals surface area contributed by atoms with Crippen LogP contribution in [0.25, 0.3) is 11.3 Å². The zero-order chi connectivity index (χ0) is 16.8. The Morgan fingerprint density at radius 1 is 1.08 bits per heavy atom. The Labute approximate surface area is 139 Å². The fourth-order valence-corrected chi connectivity index (χ4v) is 2.35. The lowest BCUT2D eigenvalue weighted by Crippen LogP contribution is -2.29. The van der Waals surface area contributed by atoms with Gasteiger partial charge in [0, 0.05) is 24.8 Å². The second kappa shape index (κ2) is 7.41. The number of anilines is 1. The first-order valence-corrected chi connectivity index (χ1v) is 7.70. The molecule has 1 amide bonds. The summed E-state index contributed by atoms with van der Waals surface area (Å²) in [5, 5.41) is 10.0. The number of hydrogen-bond donors (Lipinski definition) is 2. The first kappa shape index (κ1) is 15.7. The van der Waals surface area contributed by atoms with Crippen molar-refractivity contribution in [2.45, 2.75) is 6.92 Å². The topological polar surface area (TPSA) is 80.0 Å². The highest BCUT2D eigenvalue weighted by molar-refractivity contribution is 6.00. The minimum Gasteiger partial charge on any atom is -0.368 e. The molecule has 122 valence electrons. The van der Waals surface area contributed by atoms with Gasteiger partial charge in [0.1, 0.15) is 22.8 Å². The Morgan fingerprint density at radius 2 is 1.88 bits per heavy atom. The third kappa shape index (κ3) is 3.60. The molecule has 0 unspecified atom stereocenters. The van der Waals surface area contributed by atoms with Gasteiger partial charge in [0.05, 0.1) is 0 Å². The highest BCUT2D eigenvalue weighted by atomic mass is 16.5. The monoisotopic (exact) mass is 322 g/mol. The molecule has 0 atom stereocenters. The lowest BCUT2D eigenvalue weighted by atomic mass is 10.1. The van der Waals surface area contributed by atoms with E-state index in [4.69, 9.17) is 4.52 Å². The summed E-state index contributed by atoms with van der Waals surface area (Å²) in [6.45, 7) is 2.78. The van der Waals surface area contributed by atoms with Gasteiger partial charge in [0.25, 0.3) is 5.91 Å². The maximum atomic E-state index is 12.5. The first-order valence-electron chi connectivity index (χ1n) is 7.70. The average molecular weight is 322 g/mol. The van der Waals surface area contributed by atoms with E-state index in [0.29, 0.717) is 30.1 Å². The van der Waals surface area contributed by atoms with Crippen molar-refractivity contribution in [3.63, 3.8) is 0 Å². The van der Waals surface area contributed by atoms with Gasteiger partial charge in [-0.1, -0.05) is 41.6 Å². The summed E-state index contributed by atoms with van der Waals surface area (Å²) in [7, 11) is 0. The molecule has 3 rings (SSSR count). The van der Waals surface area contributed by atoms with Crippen LogP contribution in [0.5, 0.6) is 0 Å². The van der Waals surface area contributed by atoms with Crippen LogP contribution in [0.3, 0.4) is 0 Å². The molecular formula is C18H18N4O2. The maximum Gasteiger partial charge on any atom is 0.257 e. The molecule has 2 heterocycles. The van der Waals surface area contributed by atoms with Crippen LogP contribution in [0.4, 0.5) is 5.82 Å². The predicted molar refractivity (Wildman–Crippen MR) is 91.7 cm³/mol. The van der Waals surface area contributed by atoms with Gasteiger partial charge in [-0.15, -0.1) is 0 Å². The molecule has 1 aromatic carbocycles. The summed E-state index contributed by atoms with van der Waals surface area (Å²) >= 11 is 0. The number of rotatable bonds is 6. The summed E-state index contributed by atoms with van der Waals surface area (Å²) in [6, 6.07) is 15.1. The zero-order valence-corrected chi connectivity index (χ0v) is 13.3. The Morgan fingerprint density at radius 3 is 2.62 bits per heavy atom. The fraction of sp³-hybridized carbons (Fsp3) is 0.167. The van der Waals surface area contributed by atoms with E-state index in [1.54, 1.807) is 13.1 Å². The van der Waals surface area contributed by atoms with Gasteiger partial charge in [-0.3, -0.25) is 4.79 Å². The molecule has 0 saturated carbocycles.